The molecule has 1 heterocycles. The van der Waals surface area contributed by atoms with Crippen LogP contribution in [0.5, 0.6) is 0 Å². The van der Waals surface area contributed by atoms with Crippen LogP contribution in [-0.4, -0.2) is 54.5 Å². The first-order chi connectivity index (χ1) is 12.0. The van der Waals surface area contributed by atoms with Crippen LogP contribution in [0.25, 0.3) is 0 Å². The molecular weight excluding hydrogens is 338 g/mol. The van der Waals surface area contributed by atoms with Crippen LogP contribution in [0.2, 0.25) is 5.02 Å². The van der Waals surface area contributed by atoms with Crippen molar-refractivity contribution in [3.05, 3.63) is 34.9 Å². The summed E-state index contributed by atoms with van der Waals surface area (Å²) in [7, 11) is 0. The second-order valence-corrected chi connectivity index (χ2v) is 7.35. The van der Waals surface area contributed by atoms with Crippen molar-refractivity contribution >= 4 is 23.5 Å². The number of hydrogen-bond acceptors (Lipinski definition) is 2. The molecule has 0 radical (unpaired) electrons. The molecule has 1 saturated heterocycles. The fourth-order valence-corrected chi connectivity index (χ4v) is 3.05. The van der Waals surface area contributed by atoms with Gasteiger partial charge in [-0.1, -0.05) is 37.6 Å². The monoisotopic (exact) mass is 365 g/mol. The van der Waals surface area contributed by atoms with Gasteiger partial charge in [-0.25, -0.2) is 4.79 Å². The SMILES string of the molecule is CC(C)CCNC(=O)N1CCN(C(=O)CCc2cccc(Cl)c2)CC1. The van der Waals surface area contributed by atoms with Crippen molar-refractivity contribution < 1.29 is 9.59 Å². The standard InChI is InChI=1S/C19H28ClN3O2/c1-15(2)8-9-21-19(25)23-12-10-22(11-13-23)18(24)7-6-16-4-3-5-17(20)14-16/h3-5,14-15H,6-13H2,1-2H3,(H,21,25). The Kier molecular flexibility index (Phi) is 7.56. The summed E-state index contributed by atoms with van der Waals surface area (Å²) in [5, 5.41) is 3.65. The number of carbonyl (C=O) groups is 2. The zero-order valence-electron chi connectivity index (χ0n) is 15.1. The topological polar surface area (TPSA) is 52.7 Å². The minimum Gasteiger partial charge on any atom is -0.339 e. The lowest BCUT2D eigenvalue weighted by molar-refractivity contribution is -0.132. The van der Waals surface area contributed by atoms with Gasteiger partial charge in [0.25, 0.3) is 0 Å². The van der Waals surface area contributed by atoms with Crippen molar-refractivity contribution in [2.75, 3.05) is 32.7 Å². The molecule has 1 N–H and O–H groups in total. The van der Waals surface area contributed by atoms with Gasteiger partial charge in [-0.15, -0.1) is 0 Å². The molecule has 1 aliphatic rings. The number of amides is 3. The molecule has 2 rings (SSSR count). The lowest BCUT2D eigenvalue weighted by Gasteiger charge is -2.34. The van der Waals surface area contributed by atoms with Crippen molar-refractivity contribution in [2.45, 2.75) is 33.1 Å². The van der Waals surface area contributed by atoms with Crippen LogP contribution in [0.1, 0.15) is 32.3 Å². The van der Waals surface area contributed by atoms with Gasteiger partial charge in [-0.2, -0.15) is 0 Å². The second kappa shape index (κ2) is 9.66. The van der Waals surface area contributed by atoms with Crippen molar-refractivity contribution in [1.29, 1.82) is 0 Å². The summed E-state index contributed by atoms with van der Waals surface area (Å²) >= 11 is 5.97. The van der Waals surface area contributed by atoms with Crippen LogP contribution >= 0.6 is 11.6 Å². The summed E-state index contributed by atoms with van der Waals surface area (Å²) in [6.07, 6.45) is 2.14. The molecule has 25 heavy (non-hydrogen) atoms. The van der Waals surface area contributed by atoms with E-state index in [1.54, 1.807) is 4.90 Å². The quantitative estimate of drug-likeness (QED) is 0.841. The van der Waals surface area contributed by atoms with Gasteiger partial charge in [-0.3, -0.25) is 4.79 Å². The van der Waals surface area contributed by atoms with Gasteiger partial charge in [0.2, 0.25) is 5.91 Å². The van der Waals surface area contributed by atoms with Crippen LogP contribution in [-0.2, 0) is 11.2 Å². The van der Waals surface area contributed by atoms with Gasteiger partial charge in [0.15, 0.2) is 0 Å². The summed E-state index contributed by atoms with van der Waals surface area (Å²) < 4.78 is 0. The molecule has 1 aromatic carbocycles. The summed E-state index contributed by atoms with van der Waals surface area (Å²) in [6, 6.07) is 7.59. The molecule has 1 aromatic rings. The molecule has 5 nitrogen and oxygen atoms in total. The molecule has 6 heteroatoms. The number of halogens is 1. The maximum atomic E-state index is 12.4. The molecule has 138 valence electrons. The van der Waals surface area contributed by atoms with Gasteiger partial charge in [0.05, 0.1) is 0 Å². The molecule has 0 atom stereocenters. The lowest BCUT2D eigenvalue weighted by Crippen LogP contribution is -2.53. The lowest BCUT2D eigenvalue weighted by atomic mass is 10.1. The van der Waals surface area contributed by atoms with Crippen molar-refractivity contribution in [3.63, 3.8) is 0 Å². The van der Waals surface area contributed by atoms with Crippen LogP contribution in [0.15, 0.2) is 24.3 Å². The predicted octanol–water partition coefficient (Wildman–Crippen LogP) is 3.17. The Labute approximate surface area is 155 Å². The molecule has 0 spiro atoms. The third-order valence-corrected chi connectivity index (χ3v) is 4.67. The largest absolute Gasteiger partial charge is 0.339 e. The first-order valence-corrected chi connectivity index (χ1v) is 9.38. The third kappa shape index (κ3) is 6.58. The Balaban J connectivity index is 1.70. The van der Waals surface area contributed by atoms with Crippen LogP contribution in [0.4, 0.5) is 4.79 Å². The van der Waals surface area contributed by atoms with E-state index >= 15 is 0 Å². The number of rotatable bonds is 6. The molecule has 0 unspecified atom stereocenters. The number of nitrogens with one attached hydrogen (secondary N) is 1. The Morgan fingerprint density at radius 3 is 2.48 bits per heavy atom. The van der Waals surface area contributed by atoms with Gasteiger partial charge >= 0.3 is 6.03 Å². The second-order valence-electron chi connectivity index (χ2n) is 6.91. The number of benzene rings is 1. The highest BCUT2D eigenvalue weighted by atomic mass is 35.5. The van der Waals surface area contributed by atoms with Gasteiger partial charge in [0, 0.05) is 44.2 Å². The van der Waals surface area contributed by atoms with E-state index in [0.29, 0.717) is 56.5 Å². The number of aryl methyl sites for hydroxylation is 1. The minimum absolute atomic E-state index is 0.0216. The molecule has 3 amide bonds. The first kappa shape index (κ1) is 19.6. The van der Waals surface area contributed by atoms with E-state index in [-0.39, 0.29) is 11.9 Å². The fraction of sp³-hybridized carbons (Fsp3) is 0.579. The summed E-state index contributed by atoms with van der Waals surface area (Å²) in [4.78, 5) is 28.1. The molecular formula is C19H28ClN3O2. The summed E-state index contributed by atoms with van der Waals surface area (Å²) in [5.74, 6) is 0.717. The highest BCUT2D eigenvalue weighted by Gasteiger charge is 2.23. The highest BCUT2D eigenvalue weighted by Crippen LogP contribution is 2.13. The smallest absolute Gasteiger partial charge is 0.317 e. The number of nitrogens with zero attached hydrogens (tertiary/aromatic N) is 2. The van der Waals surface area contributed by atoms with Crippen LogP contribution < -0.4 is 5.32 Å². The van der Waals surface area contributed by atoms with Crippen LogP contribution in [0, 0.1) is 5.92 Å². The average Bonchev–Trinajstić information content (AvgIpc) is 2.59. The van der Waals surface area contributed by atoms with E-state index in [4.69, 9.17) is 11.6 Å². The summed E-state index contributed by atoms with van der Waals surface area (Å²) in [5.41, 5.74) is 1.07. The van der Waals surface area contributed by atoms with Gasteiger partial charge < -0.3 is 15.1 Å². The number of piperazine rings is 1. The normalized spacial score (nSPS) is 14.7. The fourth-order valence-electron chi connectivity index (χ4n) is 2.84. The first-order valence-electron chi connectivity index (χ1n) is 9.00. The van der Waals surface area contributed by atoms with E-state index in [9.17, 15) is 9.59 Å². The predicted molar refractivity (Wildman–Crippen MR) is 101 cm³/mol. The number of urea groups is 1. The number of hydrogen-bond donors (Lipinski definition) is 1. The molecule has 0 aliphatic carbocycles. The van der Waals surface area contributed by atoms with Gasteiger partial charge in [-0.05, 0) is 36.5 Å². The van der Waals surface area contributed by atoms with Crippen molar-refractivity contribution in [1.82, 2.24) is 15.1 Å². The van der Waals surface area contributed by atoms with E-state index in [1.807, 2.05) is 29.2 Å². The maximum absolute atomic E-state index is 12.4. The molecule has 1 fully saturated rings. The molecule has 0 saturated carbocycles. The van der Waals surface area contributed by atoms with E-state index in [0.717, 1.165) is 12.0 Å². The van der Waals surface area contributed by atoms with E-state index < -0.39 is 0 Å². The van der Waals surface area contributed by atoms with Crippen molar-refractivity contribution in [2.24, 2.45) is 5.92 Å². The molecule has 0 aromatic heterocycles. The Morgan fingerprint density at radius 1 is 1.16 bits per heavy atom. The van der Waals surface area contributed by atoms with E-state index in [1.165, 1.54) is 0 Å². The third-order valence-electron chi connectivity index (χ3n) is 4.43. The molecule has 0 bridgehead atoms. The minimum atomic E-state index is -0.0216. The van der Waals surface area contributed by atoms with E-state index in [2.05, 4.69) is 19.2 Å². The average molecular weight is 366 g/mol. The Bertz CT molecular complexity index is 584. The Morgan fingerprint density at radius 2 is 1.84 bits per heavy atom. The zero-order valence-corrected chi connectivity index (χ0v) is 15.9. The molecule has 1 aliphatic heterocycles. The van der Waals surface area contributed by atoms with Gasteiger partial charge in [0.1, 0.15) is 0 Å². The summed E-state index contributed by atoms with van der Waals surface area (Å²) in [6.45, 7) is 7.37. The van der Waals surface area contributed by atoms with Crippen molar-refractivity contribution in [3.8, 4) is 0 Å². The zero-order chi connectivity index (χ0) is 18.2. The highest BCUT2D eigenvalue weighted by molar-refractivity contribution is 6.30. The Hall–Kier alpha value is -1.75. The maximum Gasteiger partial charge on any atom is 0.317 e. The van der Waals surface area contributed by atoms with Crippen LogP contribution in [0.3, 0.4) is 0 Å². The number of carbonyl (C=O) groups excluding carboxylic acids is 2.